The van der Waals surface area contributed by atoms with Crippen LogP contribution < -0.4 is 10.6 Å². The molecule has 1 atom stereocenters. The Morgan fingerprint density at radius 2 is 1.65 bits per heavy atom. The zero-order chi connectivity index (χ0) is 24.4. The zero-order valence-electron chi connectivity index (χ0n) is 19.1. The highest BCUT2D eigenvalue weighted by atomic mass is 16.5. The number of carbonyl (C=O) groups excluding carboxylic acids is 2. The summed E-state index contributed by atoms with van der Waals surface area (Å²) >= 11 is 0. The van der Waals surface area contributed by atoms with Crippen LogP contribution in [0.5, 0.6) is 0 Å². The lowest BCUT2D eigenvalue weighted by molar-refractivity contribution is -0.140. The molecule has 1 aliphatic rings. The maximum absolute atomic E-state index is 12.7. The monoisotopic (exact) mass is 462 g/mol. The van der Waals surface area contributed by atoms with Crippen LogP contribution in [-0.4, -0.2) is 45.5 Å². The lowest BCUT2D eigenvalue weighted by atomic mass is 9.98. The Morgan fingerprint density at radius 1 is 1.06 bits per heavy atom. The van der Waals surface area contributed by atoms with Crippen LogP contribution in [0.3, 0.4) is 0 Å². The number of carboxylic acid groups (broad SMARTS) is 1. The molecular weight excluding hydrogens is 436 g/mol. The predicted molar refractivity (Wildman–Crippen MR) is 126 cm³/mol. The average molecular weight is 463 g/mol. The molecule has 0 bridgehead atoms. The van der Waals surface area contributed by atoms with Gasteiger partial charge in [-0.2, -0.15) is 5.10 Å². The van der Waals surface area contributed by atoms with Gasteiger partial charge in [0, 0.05) is 19.2 Å². The maximum atomic E-state index is 12.7. The van der Waals surface area contributed by atoms with Gasteiger partial charge in [0.25, 0.3) is 5.91 Å². The van der Waals surface area contributed by atoms with Crippen LogP contribution in [0.15, 0.2) is 54.7 Å². The summed E-state index contributed by atoms with van der Waals surface area (Å²) in [4.78, 5) is 36.7. The van der Waals surface area contributed by atoms with Gasteiger partial charge in [-0.3, -0.25) is 14.8 Å². The van der Waals surface area contributed by atoms with Gasteiger partial charge in [0.05, 0.1) is 0 Å². The lowest BCUT2D eigenvalue weighted by Crippen LogP contribution is -2.44. The molecule has 0 fully saturated rings. The van der Waals surface area contributed by atoms with Gasteiger partial charge >= 0.3 is 12.1 Å². The van der Waals surface area contributed by atoms with E-state index in [1.165, 1.54) is 10.9 Å². The molecule has 9 heteroatoms. The number of aliphatic carboxylic acids is 1. The van der Waals surface area contributed by atoms with Crippen molar-refractivity contribution >= 4 is 23.8 Å². The van der Waals surface area contributed by atoms with Crippen molar-refractivity contribution in [2.45, 2.75) is 25.8 Å². The second kappa shape index (κ2) is 9.38. The number of nitrogens with zero attached hydrogens (tertiary/aromatic N) is 2. The number of hydrogen-bond acceptors (Lipinski definition) is 5. The summed E-state index contributed by atoms with van der Waals surface area (Å²) in [6.07, 6.45) is 0.654. The summed E-state index contributed by atoms with van der Waals surface area (Å²) in [6.45, 7) is 3.50. The molecule has 2 aromatic carbocycles. The Bertz CT molecular complexity index is 1200. The zero-order valence-corrected chi connectivity index (χ0v) is 19.1. The molecule has 176 valence electrons. The first kappa shape index (κ1) is 23.0. The van der Waals surface area contributed by atoms with Crippen molar-refractivity contribution in [3.05, 3.63) is 71.4 Å². The fourth-order valence-corrected chi connectivity index (χ4v) is 4.21. The van der Waals surface area contributed by atoms with Crippen molar-refractivity contribution < 1.29 is 24.2 Å². The minimum absolute atomic E-state index is 0.00915. The molecule has 0 saturated carbocycles. The number of hydrogen-bond donors (Lipinski definition) is 3. The summed E-state index contributed by atoms with van der Waals surface area (Å²) in [6, 6.07) is 14.9. The van der Waals surface area contributed by atoms with E-state index >= 15 is 0 Å². The molecule has 0 saturated heterocycles. The van der Waals surface area contributed by atoms with E-state index in [4.69, 9.17) is 4.74 Å². The van der Waals surface area contributed by atoms with Crippen LogP contribution >= 0.6 is 0 Å². The quantitative estimate of drug-likeness (QED) is 0.493. The lowest BCUT2D eigenvalue weighted by Gasteiger charge is -2.18. The topological polar surface area (TPSA) is 123 Å². The average Bonchev–Trinajstić information content (AvgIpc) is 3.33. The summed E-state index contributed by atoms with van der Waals surface area (Å²) in [7, 11) is 1.59. The molecule has 1 aromatic heterocycles. The molecule has 34 heavy (non-hydrogen) atoms. The van der Waals surface area contributed by atoms with Crippen LogP contribution in [0.25, 0.3) is 11.1 Å². The number of carbonyl (C=O) groups is 3. The number of anilines is 1. The van der Waals surface area contributed by atoms with Crippen molar-refractivity contribution in [2.24, 2.45) is 13.0 Å². The molecule has 9 nitrogen and oxygen atoms in total. The third kappa shape index (κ3) is 4.50. The number of aromatic nitrogens is 2. The molecule has 4 rings (SSSR count). The van der Waals surface area contributed by atoms with E-state index in [0.717, 1.165) is 22.3 Å². The van der Waals surface area contributed by atoms with Crippen molar-refractivity contribution in [3.8, 4) is 11.1 Å². The highest BCUT2D eigenvalue weighted by molar-refractivity contribution is 6.02. The van der Waals surface area contributed by atoms with Crippen molar-refractivity contribution in [1.29, 1.82) is 0 Å². The van der Waals surface area contributed by atoms with Gasteiger partial charge in [0.1, 0.15) is 18.2 Å². The predicted octanol–water partition coefficient (Wildman–Crippen LogP) is 3.62. The second-order valence-corrected chi connectivity index (χ2v) is 8.55. The second-order valence-electron chi connectivity index (χ2n) is 8.55. The van der Waals surface area contributed by atoms with Crippen molar-refractivity contribution in [2.75, 3.05) is 11.9 Å². The Kier molecular flexibility index (Phi) is 6.36. The highest BCUT2D eigenvalue weighted by Crippen LogP contribution is 2.44. The first-order valence-corrected chi connectivity index (χ1v) is 11.0. The molecule has 2 amide bonds. The summed E-state index contributed by atoms with van der Waals surface area (Å²) in [5.41, 5.74) is 4.45. The number of rotatable bonds is 7. The van der Waals surface area contributed by atoms with E-state index in [1.807, 2.05) is 36.4 Å². The van der Waals surface area contributed by atoms with E-state index in [-0.39, 0.29) is 29.8 Å². The first-order valence-electron chi connectivity index (χ1n) is 11.0. The number of ether oxygens (including phenoxy) is 1. The highest BCUT2D eigenvalue weighted by Gasteiger charge is 2.30. The van der Waals surface area contributed by atoms with Gasteiger partial charge in [0.15, 0.2) is 5.82 Å². The number of amides is 2. The van der Waals surface area contributed by atoms with E-state index in [9.17, 15) is 19.5 Å². The fourth-order valence-electron chi connectivity index (χ4n) is 4.21. The molecule has 1 aliphatic carbocycles. The number of aryl methyl sites for hydroxylation is 1. The largest absolute Gasteiger partial charge is 0.480 e. The Morgan fingerprint density at radius 3 is 2.21 bits per heavy atom. The Balaban J connectivity index is 1.46. The summed E-state index contributed by atoms with van der Waals surface area (Å²) < 4.78 is 6.88. The number of nitrogens with one attached hydrogen (secondary N) is 2. The molecule has 0 spiro atoms. The molecule has 1 heterocycles. The third-order valence-corrected chi connectivity index (χ3v) is 5.86. The van der Waals surface area contributed by atoms with Gasteiger partial charge in [-0.1, -0.05) is 62.4 Å². The van der Waals surface area contributed by atoms with Gasteiger partial charge < -0.3 is 15.2 Å². The number of benzene rings is 2. The fraction of sp³-hybridized carbons (Fsp3) is 0.280. The SMILES string of the molecule is CC(C)[C@@H](NC(=O)c1cn(C)nc1NC(=O)OCC1c2ccccc2-c2ccccc21)C(=O)O. The molecule has 0 unspecified atom stereocenters. The van der Waals surface area contributed by atoms with E-state index in [2.05, 4.69) is 27.9 Å². The molecule has 0 radical (unpaired) electrons. The van der Waals surface area contributed by atoms with E-state index in [1.54, 1.807) is 20.9 Å². The van der Waals surface area contributed by atoms with Gasteiger partial charge in [-0.05, 0) is 28.2 Å². The molecular formula is C25H26N4O5. The Hall–Kier alpha value is -4.14. The third-order valence-electron chi connectivity index (χ3n) is 5.86. The minimum Gasteiger partial charge on any atom is -0.480 e. The van der Waals surface area contributed by atoms with Crippen LogP contribution in [-0.2, 0) is 16.6 Å². The standard InChI is InChI=1S/C25H26N4O5/c1-14(2)21(24(31)32)26-23(30)19-12-29(3)28-22(19)27-25(33)34-13-20-17-10-6-4-8-15(17)16-9-5-7-11-18(16)20/h4-12,14,20-21H,13H2,1-3H3,(H,26,30)(H,31,32)(H,27,28,33)/t21-/m1/s1. The minimum atomic E-state index is -1.14. The van der Waals surface area contributed by atoms with Crippen molar-refractivity contribution in [3.63, 3.8) is 0 Å². The first-order chi connectivity index (χ1) is 16.3. The van der Waals surface area contributed by atoms with Crippen LogP contribution in [0.1, 0.15) is 41.3 Å². The van der Waals surface area contributed by atoms with Gasteiger partial charge in [-0.25, -0.2) is 9.59 Å². The number of fused-ring (bicyclic) bond motifs is 3. The van der Waals surface area contributed by atoms with Crippen LogP contribution in [0.4, 0.5) is 10.6 Å². The van der Waals surface area contributed by atoms with E-state index < -0.39 is 24.0 Å². The maximum Gasteiger partial charge on any atom is 0.412 e. The summed E-state index contributed by atoms with van der Waals surface area (Å²) in [5.74, 6) is -2.23. The smallest absolute Gasteiger partial charge is 0.412 e. The molecule has 3 N–H and O–H groups in total. The normalized spacial score (nSPS) is 13.2. The van der Waals surface area contributed by atoms with Gasteiger partial charge in [-0.15, -0.1) is 0 Å². The Labute approximate surface area is 196 Å². The van der Waals surface area contributed by atoms with E-state index in [0.29, 0.717) is 0 Å². The van der Waals surface area contributed by atoms with Crippen LogP contribution in [0.2, 0.25) is 0 Å². The van der Waals surface area contributed by atoms with Gasteiger partial charge in [0.2, 0.25) is 0 Å². The van der Waals surface area contributed by atoms with Crippen molar-refractivity contribution in [1.82, 2.24) is 15.1 Å². The van der Waals surface area contributed by atoms with Crippen LogP contribution in [0, 0.1) is 5.92 Å². The molecule has 3 aromatic rings. The number of carboxylic acids is 1. The molecule has 0 aliphatic heterocycles. The summed E-state index contributed by atoms with van der Waals surface area (Å²) in [5, 5.41) is 18.5.